The molecule has 4 heteroatoms. The van der Waals surface area contributed by atoms with Crippen LogP contribution < -0.4 is 4.31 Å². The lowest BCUT2D eigenvalue weighted by molar-refractivity contribution is 0.595. The van der Waals surface area contributed by atoms with Gasteiger partial charge >= 0.3 is 0 Å². The van der Waals surface area contributed by atoms with E-state index >= 15 is 0 Å². The minimum absolute atomic E-state index is 0.108. The molecule has 1 aliphatic rings. The van der Waals surface area contributed by atoms with Gasteiger partial charge in [-0.15, -0.1) is 6.58 Å². The molecule has 0 aromatic heterocycles. The molecular formula is C10H11NO2S. The van der Waals surface area contributed by atoms with Crippen molar-refractivity contribution in [3.63, 3.8) is 0 Å². The summed E-state index contributed by atoms with van der Waals surface area (Å²) >= 11 is 0. The van der Waals surface area contributed by atoms with E-state index in [1.165, 1.54) is 4.31 Å². The summed E-state index contributed by atoms with van der Waals surface area (Å²) in [6.07, 6.45) is 1.60. The average Bonchev–Trinajstić information content (AvgIpc) is 2.39. The summed E-state index contributed by atoms with van der Waals surface area (Å²) in [6, 6.07) is 7.36. The minimum atomic E-state index is -3.15. The van der Waals surface area contributed by atoms with E-state index in [-0.39, 0.29) is 5.75 Å². The first-order valence-corrected chi connectivity index (χ1v) is 5.95. The van der Waals surface area contributed by atoms with Crippen LogP contribution in [0.4, 0.5) is 5.69 Å². The summed E-state index contributed by atoms with van der Waals surface area (Å²) in [7, 11) is -3.15. The fraction of sp³-hybridized carbons (Fsp3) is 0.200. The van der Waals surface area contributed by atoms with Crippen molar-refractivity contribution >= 4 is 15.7 Å². The van der Waals surface area contributed by atoms with E-state index in [0.29, 0.717) is 6.54 Å². The lowest BCUT2D eigenvalue weighted by Gasteiger charge is -2.15. The Hall–Kier alpha value is -1.29. The maximum absolute atomic E-state index is 11.7. The SMILES string of the molecule is C=CCN1c2ccccc2CS1(=O)=O. The molecule has 0 amide bonds. The van der Waals surface area contributed by atoms with Crippen molar-refractivity contribution in [2.75, 3.05) is 10.8 Å². The maximum Gasteiger partial charge on any atom is 0.239 e. The van der Waals surface area contributed by atoms with Crippen LogP contribution in [0.3, 0.4) is 0 Å². The van der Waals surface area contributed by atoms with Gasteiger partial charge in [0.05, 0.1) is 18.0 Å². The van der Waals surface area contributed by atoms with Crippen LogP contribution in [0.5, 0.6) is 0 Å². The summed E-state index contributed by atoms with van der Waals surface area (Å²) < 4.78 is 24.8. The number of sulfonamides is 1. The Morgan fingerprint density at radius 1 is 1.43 bits per heavy atom. The highest BCUT2D eigenvalue weighted by atomic mass is 32.2. The molecule has 0 atom stereocenters. The predicted octanol–water partition coefficient (Wildman–Crippen LogP) is 1.52. The van der Waals surface area contributed by atoms with Crippen LogP contribution in [-0.2, 0) is 15.8 Å². The summed E-state index contributed by atoms with van der Waals surface area (Å²) in [6.45, 7) is 3.90. The molecule has 0 saturated carbocycles. The van der Waals surface area contributed by atoms with Gasteiger partial charge in [0.2, 0.25) is 10.0 Å². The van der Waals surface area contributed by atoms with Gasteiger partial charge in [0.25, 0.3) is 0 Å². The fourth-order valence-corrected chi connectivity index (χ4v) is 3.23. The summed E-state index contributed by atoms with van der Waals surface area (Å²) in [5, 5.41) is 0. The van der Waals surface area contributed by atoms with Crippen molar-refractivity contribution in [3.05, 3.63) is 42.5 Å². The molecule has 1 heterocycles. The third kappa shape index (κ3) is 1.32. The molecule has 74 valence electrons. The van der Waals surface area contributed by atoms with Gasteiger partial charge in [-0.3, -0.25) is 4.31 Å². The van der Waals surface area contributed by atoms with Crippen LogP contribution in [0.15, 0.2) is 36.9 Å². The van der Waals surface area contributed by atoms with Crippen LogP contribution in [0.25, 0.3) is 0 Å². The number of anilines is 1. The van der Waals surface area contributed by atoms with Gasteiger partial charge in [0, 0.05) is 0 Å². The predicted molar refractivity (Wildman–Crippen MR) is 56.6 cm³/mol. The van der Waals surface area contributed by atoms with E-state index in [1.807, 2.05) is 24.3 Å². The smallest absolute Gasteiger partial charge is 0.239 e. The van der Waals surface area contributed by atoms with Crippen LogP contribution in [-0.4, -0.2) is 15.0 Å². The van der Waals surface area contributed by atoms with Crippen molar-refractivity contribution < 1.29 is 8.42 Å². The number of hydrogen-bond acceptors (Lipinski definition) is 2. The molecule has 0 spiro atoms. The Morgan fingerprint density at radius 2 is 2.14 bits per heavy atom. The second-order valence-corrected chi connectivity index (χ2v) is 5.10. The highest BCUT2D eigenvalue weighted by molar-refractivity contribution is 7.92. The van der Waals surface area contributed by atoms with Crippen LogP contribution in [0.1, 0.15) is 5.56 Å². The quantitative estimate of drug-likeness (QED) is 0.692. The van der Waals surface area contributed by atoms with Crippen LogP contribution in [0, 0.1) is 0 Å². The molecule has 1 aromatic carbocycles. The van der Waals surface area contributed by atoms with Gasteiger partial charge in [-0.2, -0.15) is 0 Å². The third-order valence-electron chi connectivity index (χ3n) is 2.23. The average molecular weight is 209 g/mol. The topological polar surface area (TPSA) is 37.4 Å². The standard InChI is InChI=1S/C10H11NO2S/c1-2-7-11-10-6-4-3-5-9(10)8-14(11,12)13/h2-6H,1,7-8H2. The Kier molecular flexibility index (Phi) is 2.07. The van der Waals surface area contributed by atoms with E-state index < -0.39 is 10.0 Å². The molecule has 0 N–H and O–H groups in total. The van der Waals surface area contributed by atoms with Gasteiger partial charge in [-0.25, -0.2) is 8.42 Å². The van der Waals surface area contributed by atoms with Crippen molar-refractivity contribution in [1.29, 1.82) is 0 Å². The molecule has 3 nitrogen and oxygen atoms in total. The first-order valence-electron chi connectivity index (χ1n) is 4.34. The number of hydrogen-bond donors (Lipinski definition) is 0. The normalized spacial score (nSPS) is 17.9. The highest BCUT2D eigenvalue weighted by Crippen LogP contribution is 2.32. The summed E-state index contributed by atoms with van der Waals surface area (Å²) in [5.74, 6) is 0.108. The number of fused-ring (bicyclic) bond motifs is 1. The molecule has 0 fully saturated rings. The van der Waals surface area contributed by atoms with Crippen LogP contribution >= 0.6 is 0 Å². The molecule has 0 saturated heterocycles. The van der Waals surface area contributed by atoms with E-state index in [2.05, 4.69) is 6.58 Å². The van der Waals surface area contributed by atoms with Crippen LogP contribution in [0.2, 0.25) is 0 Å². The maximum atomic E-state index is 11.7. The second-order valence-electron chi connectivity index (χ2n) is 3.20. The van der Waals surface area contributed by atoms with E-state index in [9.17, 15) is 8.42 Å². The molecule has 14 heavy (non-hydrogen) atoms. The minimum Gasteiger partial charge on any atom is -0.266 e. The zero-order valence-corrected chi connectivity index (χ0v) is 8.50. The lowest BCUT2D eigenvalue weighted by atomic mass is 10.2. The first-order chi connectivity index (χ1) is 6.65. The Morgan fingerprint density at radius 3 is 2.86 bits per heavy atom. The lowest BCUT2D eigenvalue weighted by Crippen LogP contribution is -2.26. The molecule has 0 bridgehead atoms. The molecule has 1 aromatic rings. The van der Waals surface area contributed by atoms with Crippen molar-refractivity contribution in [2.45, 2.75) is 5.75 Å². The van der Waals surface area contributed by atoms with Crippen molar-refractivity contribution in [2.24, 2.45) is 0 Å². The fourth-order valence-electron chi connectivity index (χ4n) is 1.63. The largest absolute Gasteiger partial charge is 0.266 e. The van der Waals surface area contributed by atoms with Gasteiger partial charge in [-0.1, -0.05) is 24.3 Å². The number of nitrogens with zero attached hydrogens (tertiary/aromatic N) is 1. The molecule has 1 aliphatic heterocycles. The number of para-hydroxylation sites is 1. The highest BCUT2D eigenvalue weighted by Gasteiger charge is 2.31. The van der Waals surface area contributed by atoms with Crippen molar-refractivity contribution in [3.8, 4) is 0 Å². The van der Waals surface area contributed by atoms with Gasteiger partial charge in [0.1, 0.15) is 0 Å². The number of rotatable bonds is 2. The molecule has 0 unspecified atom stereocenters. The molecule has 0 aliphatic carbocycles. The molecule has 0 radical (unpaired) electrons. The summed E-state index contributed by atoms with van der Waals surface area (Å²) in [5.41, 5.74) is 1.65. The molecular weight excluding hydrogens is 198 g/mol. The van der Waals surface area contributed by atoms with Gasteiger partial charge in [0.15, 0.2) is 0 Å². The zero-order valence-electron chi connectivity index (χ0n) is 7.68. The third-order valence-corrected chi connectivity index (χ3v) is 3.92. The second kappa shape index (κ2) is 3.13. The van der Waals surface area contributed by atoms with Gasteiger partial charge < -0.3 is 0 Å². The Balaban J connectivity index is 2.53. The monoisotopic (exact) mass is 209 g/mol. The van der Waals surface area contributed by atoms with Crippen molar-refractivity contribution in [1.82, 2.24) is 0 Å². The van der Waals surface area contributed by atoms with E-state index in [1.54, 1.807) is 6.08 Å². The Bertz CT molecular complexity index is 465. The first kappa shape index (κ1) is 9.27. The van der Waals surface area contributed by atoms with E-state index in [4.69, 9.17) is 0 Å². The van der Waals surface area contributed by atoms with Gasteiger partial charge in [-0.05, 0) is 11.6 Å². The number of benzene rings is 1. The summed E-state index contributed by atoms with van der Waals surface area (Å²) in [4.78, 5) is 0. The Labute approximate surface area is 83.7 Å². The molecule has 2 rings (SSSR count). The zero-order chi connectivity index (χ0) is 10.2. The van der Waals surface area contributed by atoms with E-state index in [0.717, 1.165) is 11.3 Å².